The molecule has 1 heterocycles. The van der Waals surface area contributed by atoms with Crippen molar-refractivity contribution in [1.82, 2.24) is 10.2 Å². The lowest BCUT2D eigenvalue weighted by Gasteiger charge is -2.09. The highest BCUT2D eigenvalue weighted by Gasteiger charge is 2.15. The van der Waals surface area contributed by atoms with E-state index in [0.717, 1.165) is 12.0 Å². The van der Waals surface area contributed by atoms with Crippen LogP contribution < -0.4 is 10.5 Å². The second kappa shape index (κ2) is 4.69. The summed E-state index contributed by atoms with van der Waals surface area (Å²) in [4.78, 5) is 0. The summed E-state index contributed by atoms with van der Waals surface area (Å²) in [5, 5.41) is 6.02. The molecule has 7 heteroatoms. The molecule has 2 rings (SSSR count). The monoisotopic (exact) mass is 266 g/mol. The Bertz CT molecular complexity index is 635. The maximum atomic E-state index is 11.9. The molecule has 0 spiro atoms. The highest BCUT2D eigenvalue weighted by molar-refractivity contribution is 7.92. The first kappa shape index (κ1) is 12.4. The number of hydrogen-bond acceptors (Lipinski definition) is 4. The molecule has 0 bridgehead atoms. The molecule has 0 amide bonds. The zero-order valence-electron chi connectivity index (χ0n) is 9.84. The number of aryl methyl sites for hydroxylation is 1. The number of nitrogens with two attached hydrogens (primary N) is 1. The second-order valence-corrected chi connectivity index (χ2v) is 5.44. The zero-order valence-corrected chi connectivity index (χ0v) is 10.7. The van der Waals surface area contributed by atoms with Gasteiger partial charge in [-0.05, 0) is 30.2 Å². The Balaban J connectivity index is 2.27. The van der Waals surface area contributed by atoms with Crippen LogP contribution in [-0.4, -0.2) is 18.6 Å². The van der Waals surface area contributed by atoms with E-state index in [0.29, 0.717) is 11.4 Å². The maximum absolute atomic E-state index is 11.9. The molecule has 0 aliphatic heterocycles. The molecular weight excluding hydrogens is 252 g/mol. The van der Waals surface area contributed by atoms with Crippen LogP contribution in [0.2, 0.25) is 0 Å². The van der Waals surface area contributed by atoms with Crippen LogP contribution in [0.5, 0.6) is 0 Å². The maximum Gasteiger partial charge on any atom is 0.278 e. The topological polar surface area (TPSA) is 101 Å². The van der Waals surface area contributed by atoms with Crippen molar-refractivity contribution in [2.24, 2.45) is 0 Å². The Hall–Kier alpha value is -2.02. The summed E-state index contributed by atoms with van der Waals surface area (Å²) in [6, 6.07) is 6.47. The minimum Gasteiger partial charge on any atom is -0.398 e. The zero-order chi connectivity index (χ0) is 13.2. The highest BCUT2D eigenvalue weighted by atomic mass is 32.2. The molecule has 6 nitrogen and oxygen atoms in total. The van der Waals surface area contributed by atoms with Gasteiger partial charge in [0, 0.05) is 5.69 Å². The van der Waals surface area contributed by atoms with E-state index in [4.69, 9.17) is 5.73 Å². The smallest absolute Gasteiger partial charge is 0.278 e. The van der Waals surface area contributed by atoms with E-state index in [-0.39, 0.29) is 5.03 Å². The van der Waals surface area contributed by atoms with Crippen molar-refractivity contribution in [3.8, 4) is 0 Å². The van der Waals surface area contributed by atoms with Gasteiger partial charge in [0.1, 0.15) is 0 Å². The number of anilines is 2. The van der Waals surface area contributed by atoms with Crippen molar-refractivity contribution in [3.05, 3.63) is 36.0 Å². The van der Waals surface area contributed by atoms with Gasteiger partial charge in [-0.3, -0.25) is 9.82 Å². The molecule has 4 N–H and O–H groups in total. The van der Waals surface area contributed by atoms with Gasteiger partial charge in [-0.25, -0.2) is 0 Å². The van der Waals surface area contributed by atoms with Gasteiger partial charge in [0.15, 0.2) is 5.03 Å². The third-order valence-electron chi connectivity index (χ3n) is 2.54. The number of rotatable bonds is 4. The normalized spacial score (nSPS) is 11.4. The molecule has 1 aromatic carbocycles. The van der Waals surface area contributed by atoms with E-state index in [9.17, 15) is 8.42 Å². The van der Waals surface area contributed by atoms with E-state index in [1.165, 1.54) is 12.3 Å². The Kier molecular flexibility index (Phi) is 3.24. The van der Waals surface area contributed by atoms with E-state index >= 15 is 0 Å². The van der Waals surface area contributed by atoms with Gasteiger partial charge in [-0.2, -0.15) is 13.5 Å². The lowest BCUT2D eigenvalue weighted by atomic mass is 10.1. The molecule has 96 valence electrons. The molecule has 1 aromatic heterocycles. The molecular formula is C11H14N4O2S. The first-order chi connectivity index (χ1) is 8.53. The number of nitrogen functional groups attached to an aromatic ring is 1. The summed E-state index contributed by atoms with van der Waals surface area (Å²) >= 11 is 0. The summed E-state index contributed by atoms with van der Waals surface area (Å²) in [5.74, 6) is 0. The fourth-order valence-corrected chi connectivity index (χ4v) is 2.54. The molecule has 0 saturated carbocycles. The lowest BCUT2D eigenvalue weighted by molar-refractivity contribution is 0.597. The number of H-pyrrole nitrogens is 1. The number of aromatic amines is 1. The van der Waals surface area contributed by atoms with Crippen LogP contribution in [0.4, 0.5) is 11.4 Å². The van der Waals surface area contributed by atoms with Crippen molar-refractivity contribution in [2.45, 2.75) is 18.4 Å². The van der Waals surface area contributed by atoms with Gasteiger partial charge < -0.3 is 5.73 Å². The molecule has 2 aromatic rings. The van der Waals surface area contributed by atoms with Crippen molar-refractivity contribution in [1.29, 1.82) is 0 Å². The van der Waals surface area contributed by atoms with Crippen LogP contribution in [0, 0.1) is 0 Å². The van der Waals surface area contributed by atoms with Crippen LogP contribution in [0.25, 0.3) is 0 Å². The molecule has 0 aliphatic rings. The first-order valence-corrected chi connectivity index (χ1v) is 6.92. The average molecular weight is 266 g/mol. The van der Waals surface area contributed by atoms with E-state index in [2.05, 4.69) is 14.9 Å². The molecule has 0 fully saturated rings. The standard InChI is InChI=1S/C11H14N4O2S/c1-2-8-3-4-9(7-10(8)12)15-18(16,17)11-5-6-13-14-11/h3-7,15H,2,12H2,1H3,(H,13,14). The summed E-state index contributed by atoms with van der Waals surface area (Å²) in [7, 11) is -3.63. The molecule has 18 heavy (non-hydrogen) atoms. The quantitative estimate of drug-likeness (QED) is 0.727. The number of nitrogens with zero attached hydrogens (tertiary/aromatic N) is 1. The largest absolute Gasteiger partial charge is 0.398 e. The van der Waals surface area contributed by atoms with Gasteiger partial charge in [0.05, 0.1) is 11.9 Å². The molecule has 0 saturated heterocycles. The fraction of sp³-hybridized carbons (Fsp3) is 0.182. The average Bonchev–Trinajstić information content (AvgIpc) is 2.82. The van der Waals surface area contributed by atoms with Gasteiger partial charge in [0.25, 0.3) is 10.0 Å². The highest BCUT2D eigenvalue weighted by Crippen LogP contribution is 2.20. The summed E-state index contributed by atoms with van der Waals surface area (Å²) in [6.45, 7) is 1.99. The minimum absolute atomic E-state index is 0.0145. The Morgan fingerprint density at radius 2 is 2.17 bits per heavy atom. The predicted molar refractivity (Wildman–Crippen MR) is 69.6 cm³/mol. The van der Waals surface area contributed by atoms with Crippen molar-refractivity contribution < 1.29 is 8.42 Å². The Labute approximate surface area is 105 Å². The molecule has 0 unspecified atom stereocenters. The number of benzene rings is 1. The van der Waals surface area contributed by atoms with Crippen LogP contribution in [0.15, 0.2) is 35.5 Å². The number of hydrogen-bond donors (Lipinski definition) is 3. The van der Waals surface area contributed by atoms with E-state index in [1.54, 1.807) is 18.2 Å². The number of nitrogens with one attached hydrogen (secondary N) is 2. The van der Waals surface area contributed by atoms with Crippen molar-refractivity contribution in [3.63, 3.8) is 0 Å². The van der Waals surface area contributed by atoms with Crippen LogP contribution in [0.1, 0.15) is 12.5 Å². The van der Waals surface area contributed by atoms with Gasteiger partial charge >= 0.3 is 0 Å². The van der Waals surface area contributed by atoms with Crippen molar-refractivity contribution in [2.75, 3.05) is 10.5 Å². The third-order valence-corrected chi connectivity index (χ3v) is 3.85. The van der Waals surface area contributed by atoms with Crippen LogP contribution in [0.3, 0.4) is 0 Å². The van der Waals surface area contributed by atoms with Gasteiger partial charge in [-0.15, -0.1) is 0 Å². The SMILES string of the molecule is CCc1ccc(NS(=O)(=O)c2ccn[nH]2)cc1N. The third kappa shape index (κ3) is 2.45. The number of sulfonamides is 1. The van der Waals surface area contributed by atoms with Crippen LogP contribution >= 0.6 is 0 Å². The predicted octanol–water partition coefficient (Wildman–Crippen LogP) is 1.36. The van der Waals surface area contributed by atoms with E-state index < -0.39 is 10.0 Å². The number of aromatic nitrogens is 2. The van der Waals surface area contributed by atoms with Gasteiger partial charge in [0.2, 0.25) is 0 Å². The molecule has 0 radical (unpaired) electrons. The minimum atomic E-state index is -3.63. The lowest BCUT2D eigenvalue weighted by Crippen LogP contribution is -2.13. The molecule has 0 atom stereocenters. The second-order valence-electron chi connectivity index (χ2n) is 3.79. The molecule has 0 aliphatic carbocycles. The summed E-state index contributed by atoms with van der Waals surface area (Å²) < 4.78 is 26.2. The van der Waals surface area contributed by atoms with Crippen molar-refractivity contribution >= 4 is 21.4 Å². The Morgan fingerprint density at radius 3 is 2.72 bits per heavy atom. The summed E-state index contributed by atoms with van der Waals surface area (Å²) in [5.41, 5.74) is 7.80. The Morgan fingerprint density at radius 1 is 1.39 bits per heavy atom. The van der Waals surface area contributed by atoms with E-state index in [1.807, 2.05) is 6.92 Å². The van der Waals surface area contributed by atoms with Gasteiger partial charge in [-0.1, -0.05) is 13.0 Å². The first-order valence-electron chi connectivity index (χ1n) is 5.43. The summed E-state index contributed by atoms with van der Waals surface area (Å²) in [6.07, 6.45) is 2.18. The van der Waals surface area contributed by atoms with Crippen LogP contribution in [-0.2, 0) is 16.4 Å². The fourth-order valence-electron chi connectivity index (χ4n) is 1.58.